The van der Waals surface area contributed by atoms with Crippen LogP contribution in [0.5, 0.6) is 5.75 Å². The Morgan fingerprint density at radius 1 is 1.19 bits per heavy atom. The van der Waals surface area contributed by atoms with Crippen molar-refractivity contribution in [3.63, 3.8) is 0 Å². The number of hydrogen-bond donors (Lipinski definition) is 2. The Labute approximate surface area is 123 Å². The Hall–Kier alpha value is -2.56. The van der Waals surface area contributed by atoms with Crippen molar-refractivity contribution >= 4 is 11.6 Å². The van der Waals surface area contributed by atoms with E-state index in [0.29, 0.717) is 11.3 Å². The zero-order chi connectivity index (χ0) is 15.4. The van der Waals surface area contributed by atoms with E-state index in [2.05, 4.69) is 10.3 Å². The number of ether oxygens (including phenoxy) is 1. The van der Waals surface area contributed by atoms with E-state index in [-0.39, 0.29) is 11.7 Å². The first-order chi connectivity index (χ1) is 9.97. The largest absolute Gasteiger partial charge is 0.491 e. The number of amides is 1. The van der Waals surface area contributed by atoms with E-state index in [1.54, 1.807) is 37.3 Å². The van der Waals surface area contributed by atoms with Crippen LogP contribution in [0.2, 0.25) is 0 Å². The average Bonchev–Trinajstić information content (AvgIpc) is 2.40. The van der Waals surface area contributed by atoms with Crippen LogP contribution in [0.4, 0.5) is 5.69 Å². The number of H-pyrrole nitrogens is 1. The quantitative estimate of drug-likeness (QED) is 0.907. The lowest BCUT2D eigenvalue weighted by atomic mass is 10.1. The third-order valence-electron chi connectivity index (χ3n) is 2.88. The second-order valence-electron chi connectivity index (χ2n) is 5.01. The molecule has 2 aromatic rings. The molecule has 2 rings (SSSR count). The minimum Gasteiger partial charge on any atom is -0.491 e. The van der Waals surface area contributed by atoms with Crippen molar-refractivity contribution in [2.75, 3.05) is 5.32 Å². The molecular weight excluding hydrogens is 268 g/mol. The molecule has 0 fully saturated rings. The topological polar surface area (TPSA) is 71.2 Å². The van der Waals surface area contributed by atoms with Crippen molar-refractivity contribution in [3.8, 4) is 5.75 Å². The van der Waals surface area contributed by atoms with Crippen LogP contribution in [0, 0.1) is 6.92 Å². The van der Waals surface area contributed by atoms with Gasteiger partial charge in [0.2, 0.25) is 0 Å². The van der Waals surface area contributed by atoms with Crippen LogP contribution in [0.25, 0.3) is 0 Å². The summed E-state index contributed by atoms with van der Waals surface area (Å²) in [5, 5.41) is 2.71. The number of anilines is 1. The van der Waals surface area contributed by atoms with E-state index >= 15 is 0 Å². The average molecular weight is 286 g/mol. The summed E-state index contributed by atoms with van der Waals surface area (Å²) >= 11 is 0. The van der Waals surface area contributed by atoms with Crippen LogP contribution in [-0.2, 0) is 0 Å². The van der Waals surface area contributed by atoms with Gasteiger partial charge in [-0.3, -0.25) is 9.59 Å². The summed E-state index contributed by atoms with van der Waals surface area (Å²) < 4.78 is 5.53. The van der Waals surface area contributed by atoms with Gasteiger partial charge in [0.25, 0.3) is 11.5 Å². The van der Waals surface area contributed by atoms with Crippen LogP contribution in [0.15, 0.2) is 41.3 Å². The predicted molar refractivity (Wildman–Crippen MR) is 82.0 cm³/mol. The smallest absolute Gasteiger partial charge is 0.261 e. The molecule has 110 valence electrons. The number of aromatic nitrogens is 1. The molecule has 0 unspecified atom stereocenters. The predicted octanol–water partition coefficient (Wildman–Crippen LogP) is 2.72. The zero-order valence-corrected chi connectivity index (χ0v) is 12.3. The molecular formula is C16H18N2O3. The summed E-state index contributed by atoms with van der Waals surface area (Å²) in [6.45, 7) is 5.62. The number of aryl methyl sites for hydroxylation is 1. The zero-order valence-electron chi connectivity index (χ0n) is 12.3. The van der Waals surface area contributed by atoms with E-state index in [4.69, 9.17) is 4.74 Å². The standard InChI is InChI=1S/C16H18N2O3/c1-10(2)21-13-6-4-12(5-7-13)18-16(20)14-11(3)8-9-17-15(14)19/h4-10H,1-3H3,(H,17,19)(H,18,20). The number of carbonyl (C=O) groups is 1. The fourth-order valence-corrected chi connectivity index (χ4v) is 1.94. The molecule has 0 atom stereocenters. The van der Waals surface area contributed by atoms with Gasteiger partial charge in [0, 0.05) is 11.9 Å². The molecule has 1 aromatic heterocycles. The molecule has 2 N–H and O–H groups in total. The van der Waals surface area contributed by atoms with Gasteiger partial charge >= 0.3 is 0 Å². The fraction of sp³-hybridized carbons (Fsp3) is 0.250. The number of pyridine rings is 1. The molecule has 0 aliphatic rings. The molecule has 0 radical (unpaired) electrons. The molecule has 1 heterocycles. The molecule has 0 bridgehead atoms. The number of aromatic amines is 1. The van der Waals surface area contributed by atoms with Crippen molar-refractivity contribution < 1.29 is 9.53 Å². The molecule has 5 heteroatoms. The first-order valence-corrected chi connectivity index (χ1v) is 6.73. The minimum atomic E-state index is -0.424. The van der Waals surface area contributed by atoms with E-state index in [1.165, 1.54) is 6.20 Å². The summed E-state index contributed by atoms with van der Waals surface area (Å²) in [6, 6.07) is 8.72. The summed E-state index contributed by atoms with van der Waals surface area (Å²) in [6.07, 6.45) is 1.61. The molecule has 0 aliphatic carbocycles. The Kier molecular flexibility index (Phi) is 4.42. The van der Waals surface area contributed by atoms with Gasteiger partial charge < -0.3 is 15.0 Å². The molecule has 0 aliphatic heterocycles. The maximum Gasteiger partial charge on any atom is 0.261 e. The van der Waals surface area contributed by atoms with Gasteiger partial charge in [-0.2, -0.15) is 0 Å². The summed E-state index contributed by atoms with van der Waals surface area (Å²) in [5.74, 6) is 0.309. The van der Waals surface area contributed by atoms with Gasteiger partial charge in [0.05, 0.1) is 6.10 Å². The monoisotopic (exact) mass is 286 g/mol. The number of hydrogen-bond acceptors (Lipinski definition) is 3. The molecule has 0 spiro atoms. The van der Waals surface area contributed by atoms with Gasteiger partial charge in [0.15, 0.2) is 0 Å². The molecule has 1 aromatic carbocycles. The maximum absolute atomic E-state index is 12.2. The second kappa shape index (κ2) is 6.26. The Morgan fingerprint density at radius 3 is 2.43 bits per heavy atom. The lowest BCUT2D eigenvalue weighted by molar-refractivity contribution is 0.102. The van der Waals surface area contributed by atoms with Crippen molar-refractivity contribution in [2.45, 2.75) is 26.9 Å². The highest BCUT2D eigenvalue weighted by Crippen LogP contribution is 2.17. The van der Waals surface area contributed by atoms with Crippen LogP contribution >= 0.6 is 0 Å². The minimum absolute atomic E-state index is 0.0935. The van der Waals surface area contributed by atoms with Crippen LogP contribution in [0.1, 0.15) is 29.8 Å². The molecule has 0 saturated heterocycles. The number of carbonyl (C=O) groups excluding carboxylic acids is 1. The van der Waals surface area contributed by atoms with Gasteiger partial charge in [0.1, 0.15) is 11.3 Å². The van der Waals surface area contributed by atoms with Gasteiger partial charge in [-0.05, 0) is 56.7 Å². The van der Waals surface area contributed by atoms with Crippen LogP contribution in [-0.4, -0.2) is 17.0 Å². The van der Waals surface area contributed by atoms with Crippen molar-refractivity contribution in [2.24, 2.45) is 0 Å². The summed E-state index contributed by atoms with van der Waals surface area (Å²) in [7, 11) is 0. The Bertz CT molecular complexity index is 687. The van der Waals surface area contributed by atoms with Crippen molar-refractivity contribution in [3.05, 3.63) is 58.0 Å². The normalized spacial score (nSPS) is 10.5. The first kappa shape index (κ1) is 14.8. The van der Waals surface area contributed by atoms with Crippen molar-refractivity contribution in [1.82, 2.24) is 4.98 Å². The van der Waals surface area contributed by atoms with E-state index in [0.717, 1.165) is 5.75 Å². The summed E-state index contributed by atoms with van der Waals surface area (Å²) in [5.41, 5.74) is 0.974. The number of rotatable bonds is 4. The lowest BCUT2D eigenvalue weighted by Crippen LogP contribution is -2.24. The van der Waals surface area contributed by atoms with Crippen molar-refractivity contribution in [1.29, 1.82) is 0 Å². The fourth-order valence-electron chi connectivity index (χ4n) is 1.94. The third kappa shape index (κ3) is 3.72. The lowest BCUT2D eigenvalue weighted by Gasteiger charge is -2.11. The summed E-state index contributed by atoms with van der Waals surface area (Å²) in [4.78, 5) is 26.4. The molecule has 21 heavy (non-hydrogen) atoms. The SMILES string of the molecule is Cc1cc[nH]c(=O)c1C(=O)Nc1ccc(OC(C)C)cc1. The Morgan fingerprint density at radius 2 is 1.86 bits per heavy atom. The van der Waals surface area contributed by atoms with Crippen LogP contribution < -0.4 is 15.6 Å². The maximum atomic E-state index is 12.2. The first-order valence-electron chi connectivity index (χ1n) is 6.73. The molecule has 1 amide bonds. The molecule has 0 saturated carbocycles. The van der Waals surface area contributed by atoms with E-state index < -0.39 is 11.5 Å². The van der Waals surface area contributed by atoms with Gasteiger partial charge in [-0.25, -0.2) is 0 Å². The van der Waals surface area contributed by atoms with Gasteiger partial charge in [-0.15, -0.1) is 0 Å². The van der Waals surface area contributed by atoms with Gasteiger partial charge in [-0.1, -0.05) is 0 Å². The van der Waals surface area contributed by atoms with Crippen LogP contribution in [0.3, 0.4) is 0 Å². The van der Waals surface area contributed by atoms with E-state index in [9.17, 15) is 9.59 Å². The molecule has 5 nitrogen and oxygen atoms in total. The highest BCUT2D eigenvalue weighted by atomic mass is 16.5. The number of nitrogens with one attached hydrogen (secondary N) is 2. The second-order valence-corrected chi connectivity index (χ2v) is 5.01. The Balaban J connectivity index is 2.15. The highest BCUT2D eigenvalue weighted by molar-refractivity contribution is 6.04. The highest BCUT2D eigenvalue weighted by Gasteiger charge is 2.13. The third-order valence-corrected chi connectivity index (χ3v) is 2.88. The van der Waals surface area contributed by atoms with E-state index in [1.807, 2.05) is 13.8 Å². The number of benzene rings is 1.